The highest BCUT2D eigenvalue weighted by molar-refractivity contribution is 9.10. The molecule has 0 bridgehead atoms. The van der Waals surface area contributed by atoms with Crippen LogP contribution >= 0.6 is 15.9 Å². The Morgan fingerprint density at radius 2 is 2.04 bits per heavy atom. The number of carbonyl (C=O) groups is 1. The molecule has 6 nitrogen and oxygen atoms in total. The van der Waals surface area contributed by atoms with E-state index in [1.807, 2.05) is 53.4 Å². The van der Waals surface area contributed by atoms with Crippen molar-refractivity contribution in [2.45, 2.75) is 6.10 Å². The van der Waals surface area contributed by atoms with Gasteiger partial charge in [0.1, 0.15) is 11.9 Å². The number of benzene rings is 2. The molecule has 0 aliphatic carbocycles. The van der Waals surface area contributed by atoms with Gasteiger partial charge >= 0.3 is 0 Å². The van der Waals surface area contributed by atoms with Crippen molar-refractivity contribution in [2.75, 3.05) is 25.0 Å². The van der Waals surface area contributed by atoms with E-state index in [9.17, 15) is 4.79 Å². The molecule has 1 aliphatic rings. The molecule has 1 atom stereocenters. The van der Waals surface area contributed by atoms with Gasteiger partial charge in [0.05, 0.1) is 19.3 Å². The summed E-state index contributed by atoms with van der Waals surface area (Å²) in [5.41, 5.74) is 2.49. The number of morpholine rings is 1. The highest BCUT2D eigenvalue weighted by Gasteiger charge is 2.26. The summed E-state index contributed by atoms with van der Waals surface area (Å²) >= 11 is 3.45. The first-order chi connectivity index (χ1) is 13.7. The van der Waals surface area contributed by atoms with Crippen molar-refractivity contribution in [3.8, 4) is 0 Å². The van der Waals surface area contributed by atoms with Crippen LogP contribution in [-0.4, -0.2) is 40.5 Å². The van der Waals surface area contributed by atoms with Gasteiger partial charge in [0, 0.05) is 34.7 Å². The minimum Gasteiger partial charge on any atom is -0.370 e. The van der Waals surface area contributed by atoms with Gasteiger partial charge in [-0.25, -0.2) is 4.98 Å². The van der Waals surface area contributed by atoms with Crippen molar-refractivity contribution in [1.82, 2.24) is 14.9 Å². The average molecular weight is 439 g/mol. The number of rotatable bonds is 4. The summed E-state index contributed by atoms with van der Waals surface area (Å²) in [6, 6.07) is 15.4. The number of amides is 1. The third-order valence-corrected chi connectivity index (χ3v) is 5.07. The van der Waals surface area contributed by atoms with E-state index in [1.165, 1.54) is 0 Å². The Labute approximate surface area is 171 Å². The second kappa shape index (κ2) is 8.50. The second-order valence-corrected chi connectivity index (χ2v) is 7.37. The van der Waals surface area contributed by atoms with Crippen molar-refractivity contribution in [1.29, 1.82) is 0 Å². The molecule has 3 aromatic rings. The van der Waals surface area contributed by atoms with E-state index in [-0.39, 0.29) is 12.0 Å². The fraction of sp³-hybridized carbons (Fsp3) is 0.190. The van der Waals surface area contributed by atoms with Crippen LogP contribution in [0.25, 0.3) is 0 Å². The van der Waals surface area contributed by atoms with Crippen LogP contribution in [0.4, 0.5) is 11.5 Å². The van der Waals surface area contributed by atoms with E-state index < -0.39 is 0 Å². The Morgan fingerprint density at radius 3 is 2.82 bits per heavy atom. The quantitative estimate of drug-likeness (QED) is 0.660. The fourth-order valence-corrected chi connectivity index (χ4v) is 3.40. The minimum atomic E-state index is -0.119. The summed E-state index contributed by atoms with van der Waals surface area (Å²) in [5.74, 6) is 0.627. The first-order valence-electron chi connectivity index (χ1n) is 8.98. The number of ether oxygens (including phenoxy) is 1. The minimum absolute atomic E-state index is 0.00629. The molecule has 28 heavy (non-hydrogen) atoms. The molecule has 7 heteroatoms. The van der Waals surface area contributed by atoms with E-state index in [4.69, 9.17) is 4.74 Å². The lowest BCUT2D eigenvalue weighted by Crippen LogP contribution is -2.42. The van der Waals surface area contributed by atoms with Crippen LogP contribution < -0.4 is 5.32 Å². The zero-order valence-corrected chi connectivity index (χ0v) is 16.7. The van der Waals surface area contributed by atoms with Crippen molar-refractivity contribution >= 4 is 33.3 Å². The number of hydrogen-bond acceptors (Lipinski definition) is 5. The molecule has 1 aliphatic heterocycles. The molecule has 2 heterocycles. The molecule has 1 aromatic heterocycles. The number of anilines is 2. The number of hydrogen-bond donors (Lipinski definition) is 1. The Morgan fingerprint density at radius 1 is 1.18 bits per heavy atom. The summed E-state index contributed by atoms with van der Waals surface area (Å²) in [5, 5.41) is 3.17. The molecular formula is C21H19BrN4O2. The molecule has 1 fully saturated rings. The molecular weight excluding hydrogens is 420 g/mol. The van der Waals surface area contributed by atoms with Gasteiger partial charge in [0.15, 0.2) is 0 Å². The van der Waals surface area contributed by atoms with Crippen LogP contribution in [0.1, 0.15) is 22.0 Å². The second-order valence-electron chi connectivity index (χ2n) is 6.46. The van der Waals surface area contributed by atoms with Crippen molar-refractivity contribution < 1.29 is 9.53 Å². The van der Waals surface area contributed by atoms with Gasteiger partial charge in [-0.2, -0.15) is 0 Å². The third-order valence-electron chi connectivity index (χ3n) is 4.54. The Hall–Kier alpha value is -2.77. The Bertz CT molecular complexity index is 950. The normalized spacial score (nSPS) is 16.6. The summed E-state index contributed by atoms with van der Waals surface area (Å²) < 4.78 is 6.91. The van der Waals surface area contributed by atoms with Crippen molar-refractivity contribution in [3.63, 3.8) is 0 Å². The van der Waals surface area contributed by atoms with E-state index in [1.54, 1.807) is 18.6 Å². The third kappa shape index (κ3) is 4.37. The molecule has 1 amide bonds. The molecule has 1 saturated heterocycles. The van der Waals surface area contributed by atoms with Crippen molar-refractivity contribution in [2.24, 2.45) is 0 Å². The fourth-order valence-electron chi connectivity index (χ4n) is 3.14. The maximum Gasteiger partial charge on any atom is 0.254 e. The van der Waals surface area contributed by atoms with Gasteiger partial charge < -0.3 is 15.0 Å². The van der Waals surface area contributed by atoms with Gasteiger partial charge in [0.2, 0.25) is 0 Å². The van der Waals surface area contributed by atoms with Gasteiger partial charge in [-0.3, -0.25) is 9.78 Å². The molecule has 2 aromatic carbocycles. The number of nitrogens with one attached hydrogen (secondary N) is 1. The highest BCUT2D eigenvalue weighted by Crippen LogP contribution is 2.25. The summed E-state index contributed by atoms with van der Waals surface area (Å²) in [7, 11) is 0. The number of nitrogens with zero attached hydrogens (tertiary/aromatic N) is 3. The number of halogens is 1. The lowest BCUT2D eigenvalue weighted by Gasteiger charge is -2.33. The first kappa shape index (κ1) is 18.6. The monoisotopic (exact) mass is 438 g/mol. The van der Waals surface area contributed by atoms with Crippen LogP contribution in [0, 0.1) is 0 Å². The van der Waals surface area contributed by atoms with Crippen LogP contribution in [0.2, 0.25) is 0 Å². The topological polar surface area (TPSA) is 67.4 Å². The molecule has 0 spiro atoms. The smallest absolute Gasteiger partial charge is 0.254 e. The van der Waals surface area contributed by atoms with Crippen LogP contribution in [0.15, 0.2) is 71.6 Å². The van der Waals surface area contributed by atoms with Gasteiger partial charge in [0.25, 0.3) is 5.91 Å². The maximum absolute atomic E-state index is 13.0. The lowest BCUT2D eigenvalue weighted by molar-refractivity contribution is -0.0228. The standard InChI is InChI=1S/C21H19BrN4O2/c22-17-6-4-15(5-7-17)19-14-26(10-11-28-19)21(27)16-2-1-3-18(12-16)25-20-13-23-8-9-24-20/h1-9,12-13,19H,10-11,14H2,(H,24,25)/t19-/m1/s1. The lowest BCUT2D eigenvalue weighted by atomic mass is 10.1. The number of carbonyl (C=O) groups excluding carboxylic acids is 1. The van der Waals surface area contributed by atoms with E-state index in [0.29, 0.717) is 31.1 Å². The molecule has 142 valence electrons. The Kier molecular flexibility index (Phi) is 5.64. The molecule has 4 rings (SSSR count). The molecule has 0 radical (unpaired) electrons. The first-order valence-corrected chi connectivity index (χ1v) is 9.78. The van der Waals surface area contributed by atoms with E-state index >= 15 is 0 Å². The predicted octanol–water partition coefficient (Wildman–Crippen LogP) is 4.20. The highest BCUT2D eigenvalue weighted by atomic mass is 79.9. The molecule has 0 unspecified atom stereocenters. The molecule has 1 N–H and O–H groups in total. The summed E-state index contributed by atoms with van der Waals surface area (Å²) in [4.78, 5) is 23.1. The summed E-state index contributed by atoms with van der Waals surface area (Å²) in [6.45, 7) is 1.62. The predicted molar refractivity (Wildman–Crippen MR) is 110 cm³/mol. The Balaban J connectivity index is 1.47. The van der Waals surface area contributed by atoms with Gasteiger partial charge in [-0.05, 0) is 35.9 Å². The largest absolute Gasteiger partial charge is 0.370 e. The van der Waals surface area contributed by atoms with Crippen LogP contribution in [0.3, 0.4) is 0 Å². The zero-order valence-electron chi connectivity index (χ0n) is 15.1. The van der Waals surface area contributed by atoms with E-state index in [2.05, 4.69) is 31.2 Å². The molecule has 0 saturated carbocycles. The average Bonchev–Trinajstić information content (AvgIpc) is 2.75. The van der Waals surface area contributed by atoms with E-state index in [0.717, 1.165) is 15.7 Å². The van der Waals surface area contributed by atoms with Crippen LogP contribution in [0.5, 0.6) is 0 Å². The number of aromatic nitrogens is 2. The van der Waals surface area contributed by atoms with Crippen molar-refractivity contribution in [3.05, 3.63) is 82.7 Å². The SMILES string of the molecule is O=C(c1cccc(Nc2cnccn2)c1)N1CCO[C@@H](c2ccc(Br)cc2)C1. The zero-order chi connectivity index (χ0) is 19.3. The maximum atomic E-state index is 13.0. The van der Waals surface area contributed by atoms with Gasteiger partial charge in [-0.15, -0.1) is 0 Å². The summed E-state index contributed by atoms with van der Waals surface area (Å²) in [6.07, 6.45) is 4.75. The van der Waals surface area contributed by atoms with Gasteiger partial charge in [-0.1, -0.05) is 34.1 Å². The van der Waals surface area contributed by atoms with Crippen LogP contribution in [-0.2, 0) is 4.74 Å².